The number of carbonyl (C=O) groups excluding carboxylic acids is 3. The van der Waals surface area contributed by atoms with E-state index in [1.54, 1.807) is 37.4 Å². The maximum atomic E-state index is 12.2. The minimum atomic E-state index is -0.416. The maximum absolute atomic E-state index is 12.2. The monoisotopic (exact) mass is 398 g/mol. The number of nitrogens with zero attached hydrogens (tertiary/aromatic N) is 1. The Kier molecular flexibility index (Phi) is 7.83. The molecule has 28 heavy (non-hydrogen) atoms. The number of amides is 2. The van der Waals surface area contributed by atoms with Crippen molar-refractivity contribution in [2.75, 3.05) is 32.3 Å². The van der Waals surface area contributed by atoms with Crippen molar-refractivity contribution in [2.45, 2.75) is 4.90 Å². The fourth-order valence-electron chi connectivity index (χ4n) is 2.37. The number of hydrogen-bond donors (Lipinski definition) is 1. The van der Waals surface area contributed by atoms with Crippen molar-refractivity contribution in [3.05, 3.63) is 65.7 Å². The number of anilines is 1. The molecule has 0 aliphatic heterocycles. The first-order valence-electron chi connectivity index (χ1n) is 8.49. The van der Waals surface area contributed by atoms with Gasteiger partial charge < -0.3 is 15.0 Å². The fraction of sp³-hybridized carbons (Fsp3) is 0.190. The van der Waals surface area contributed by atoms with Crippen LogP contribution in [0, 0.1) is 0 Å². The van der Waals surface area contributed by atoms with E-state index in [9.17, 15) is 14.4 Å². The van der Waals surface area contributed by atoms with Crippen molar-refractivity contribution in [1.82, 2.24) is 4.90 Å². The normalized spacial score (nSPS) is 10.5. The zero-order chi connectivity index (χ0) is 20.5. The van der Waals surface area contributed by atoms with E-state index in [1.807, 2.05) is 30.5 Å². The summed E-state index contributed by atoms with van der Waals surface area (Å²) in [6.45, 7) is -0.0623. The number of hydrogen-bond acceptors (Lipinski definition) is 5. The highest BCUT2D eigenvalue weighted by atomic mass is 32.2. The summed E-state index contributed by atoms with van der Waals surface area (Å²) in [5, 5.41) is 2.82. The molecule has 2 rings (SSSR count). The van der Waals surface area contributed by atoms with Crippen LogP contribution in [-0.2, 0) is 14.3 Å². The van der Waals surface area contributed by atoms with E-state index in [2.05, 4.69) is 10.1 Å². The van der Waals surface area contributed by atoms with Crippen molar-refractivity contribution in [3.63, 3.8) is 0 Å². The van der Waals surface area contributed by atoms with Crippen molar-refractivity contribution >= 4 is 41.3 Å². The SMILES string of the molecule is COC(=O)c1ccc(/C=C/C(=O)N(C)CC(=O)Nc2ccccc2SC)cc1. The molecule has 0 atom stereocenters. The second-order valence-electron chi connectivity index (χ2n) is 5.89. The third-order valence-electron chi connectivity index (χ3n) is 3.89. The molecule has 0 aromatic heterocycles. The first-order valence-corrected chi connectivity index (χ1v) is 9.71. The molecule has 2 amide bonds. The molecule has 0 heterocycles. The number of nitrogens with one attached hydrogen (secondary N) is 1. The average molecular weight is 398 g/mol. The molecule has 0 bridgehead atoms. The van der Waals surface area contributed by atoms with Gasteiger partial charge in [0.25, 0.3) is 0 Å². The number of carbonyl (C=O) groups is 3. The van der Waals surface area contributed by atoms with Gasteiger partial charge in [0.05, 0.1) is 24.9 Å². The Bertz CT molecular complexity index is 878. The molecule has 0 spiro atoms. The predicted molar refractivity (Wildman–Crippen MR) is 111 cm³/mol. The van der Waals surface area contributed by atoms with Crippen LogP contribution >= 0.6 is 11.8 Å². The fourth-order valence-corrected chi connectivity index (χ4v) is 2.93. The van der Waals surface area contributed by atoms with Gasteiger partial charge in [-0.25, -0.2) is 4.79 Å². The standard InChI is InChI=1S/C21H22N2O4S/c1-23(14-19(24)22-17-6-4-5-7-18(17)28-3)20(25)13-10-15-8-11-16(12-9-15)21(26)27-2/h4-13H,14H2,1-3H3,(H,22,24)/b13-10+. The number of rotatable bonds is 7. The molecule has 0 aliphatic carbocycles. The number of thioether (sulfide) groups is 1. The minimum Gasteiger partial charge on any atom is -0.465 e. The first-order chi connectivity index (χ1) is 13.4. The highest BCUT2D eigenvalue weighted by Crippen LogP contribution is 2.24. The number of methoxy groups -OCH3 is 1. The Hall–Kier alpha value is -3.06. The number of ether oxygens (including phenoxy) is 1. The minimum absolute atomic E-state index is 0.0623. The van der Waals surface area contributed by atoms with Gasteiger partial charge in [-0.1, -0.05) is 24.3 Å². The van der Waals surface area contributed by atoms with Gasteiger partial charge in [-0.15, -0.1) is 11.8 Å². The second-order valence-corrected chi connectivity index (χ2v) is 6.74. The van der Waals surface area contributed by atoms with Crippen molar-refractivity contribution in [3.8, 4) is 0 Å². The summed E-state index contributed by atoms with van der Waals surface area (Å²) in [6.07, 6.45) is 4.94. The van der Waals surface area contributed by atoms with Crippen molar-refractivity contribution in [1.29, 1.82) is 0 Å². The molecule has 0 aliphatic rings. The molecular weight excluding hydrogens is 376 g/mol. The summed E-state index contributed by atoms with van der Waals surface area (Å²) in [5.74, 6) is -0.987. The van der Waals surface area contributed by atoms with Crippen LogP contribution in [0.25, 0.3) is 6.08 Å². The average Bonchev–Trinajstić information content (AvgIpc) is 2.72. The summed E-state index contributed by atoms with van der Waals surface area (Å²) in [6, 6.07) is 14.2. The van der Waals surface area contributed by atoms with Crippen LogP contribution in [0.2, 0.25) is 0 Å². The van der Waals surface area contributed by atoms with E-state index in [1.165, 1.54) is 29.8 Å². The van der Waals surface area contributed by atoms with Crippen LogP contribution in [0.5, 0.6) is 0 Å². The van der Waals surface area contributed by atoms with E-state index >= 15 is 0 Å². The summed E-state index contributed by atoms with van der Waals surface area (Å²) >= 11 is 1.54. The van der Waals surface area contributed by atoms with Gasteiger partial charge in [0.1, 0.15) is 0 Å². The molecule has 7 heteroatoms. The highest BCUT2D eigenvalue weighted by molar-refractivity contribution is 7.98. The smallest absolute Gasteiger partial charge is 0.337 e. The second kappa shape index (κ2) is 10.3. The van der Waals surface area contributed by atoms with E-state index in [0.29, 0.717) is 5.56 Å². The topological polar surface area (TPSA) is 75.7 Å². The van der Waals surface area contributed by atoms with Gasteiger partial charge in [0.15, 0.2) is 0 Å². The lowest BCUT2D eigenvalue weighted by Crippen LogP contribution is -2.33. The summed E-state index contributed by atoms with van der Waals surface area (Å²) < 4.78 is 4.64. The lowest BCUT2D eigenvalue weighted by atomic mass is 10.1. The maximum Gasteiger partial charge on any atom is 0.337 e. The predicted octanol–water partition coefficient (Wildman–Crippen LogP) is 3.31. The quantitative estimate of drug-likeness (QED) is 0.440. The first kappa shape index (κ1) is 21.2. The van der Waals surface area contributed by atoms with Crippen LogP contribution in [-0.4, -0.2) is 49.6 Å². The van der Waals surface area contributed by atoms with Crippen LogP contribution < -0.4 is 5.32 Å². The Labute approximate surface area is 168 Å². The molecule has 0 saturated carbocycles. The van der Waals surface area contributed by atoms with Crippen LogP contribution in [0.4, 0.5) is 5.69 Å². The summed E-state index contributed by atoms with van der Waals surface area (Å²) in [4.78, 5) is 38.1. The number of benzene rings is 2. The molecule has 0 saturated heterocycles. The van der Waals surface area contributed by atoms with Gasteiger partial charge in [-0.3, -0.25) is 9.59 Å². The van der Waals surface area contributed by atoms with E-state index in [-0.39, 0.29) is 18.4 Å². The Morgan fingerprint density at radius 2 is 1.79 bits per heavy atom. The zero-order valence-corrected chi connectivity index (χ0v) is 16.8. The Morgan fingerprint density at radius 3 is 2.43 bits per heavy atom. The zero-order valence-electron chi connectivity index (χ0n) is 16.0. The Balaban J connectivity index is 1.92. The summed E-state index contributed by atoms with van der Waals surface area (Å²) in [5.41, 5.74) is 1.92. The van der Waals surface area contributed by atoms with Crippen LogP contribution in [0.3, 0.4) is 0 Å². The van der Waals surface area contributed by atoms with Gasteiger partial charge in [0.2, 0.25) is 11.8 Å². The molecule has 146 valence electrons. The molecule has 6 nitrogen and oxygen atoms in total. The largest absolute Gasteiger partial charge is 0.465 e. The molecule has 2 aromatic rings. The number of para-hydroxylation sites is 1. The molecule has 0 fully saturated rings. The van der Waals surface area contributed by atoms with E-state index in [0.717, 1.165) is 16.1 Å². The number of likely N-dealkylation sites (N-methyl/N-ethyl adjacent to an activating group) is 1. The van der Waals surface area contributed by atoms with Gasteiger partial charge >= 0.3 is 5.97 Å². The third kappa shape index (κ3) is 5.99. The van der Waals surface area contributed by atoms with Crippen molar-refractivity contribution < 1.29 is 19.1 Å². The molecule has 0 unspecified atom stereocenters. The molecular formula is C21H22N2O4S. The highest BCUT2D eigenvalue weighted by Gasteiger charge is 2.12. The van der Waals surface area contributed by atoms with E-state index < -0.39 is 5.97 Å². The van der Waals surface area contributed by atoms with Gasteiger partial charge in [-0.05, 0) is 42.2 Å². The van der Waals surface area contributed by atoms with Gasteiger partial charge in [-0.2, -0.15) is 0 Å². The van der Waals surface area contributed by atoms with Crippen LogP contribution in [0.15, 0.2) is 59.5 Å². The lowest BCUT2D eigenvalue weighted by molar-refractivity contribution is -0.129. The van der Waals surface area contributed by atoms with Gasteiger partial charge in [0, 0.05) is 18.0 Å². The third-order valence-corrected chi connectivity index (χ3v) is 4.68. The number of esters is 1. The Morgan fingerprint density at radius 1 is 1.11 bits per heavy atom. The lowest BCUT2D eigenvalue weighted by Gasteiger charge is -2.15. The van der Waals surface area contributed by atoms with Crippen LogP contribution in [0.1, 0.15) is 15.9 Å². The summed E-state index contributed by atoms with van der Waals surface area (Å²) in [7, 11) is 2.88. The van der Waals surface area contributed by atoms with E-state index in [4.69, 9.17) is 0 Å². The molecule has 0 radical (unpaired) electrons. The molecule has 2 aromatic carbocycles. The molecule has 1 N–H and O–H groups in total. The van der Waals surface area contributed by atoms with Crippen molar-refractivity contribution in [2.24, 2.45) is 0 Å².